The van der Waals surface area contributed by atoms with E-state index in [4.69, 9.17) is 11.2 Å². The number of para-hydroxylation sites is 1. The lowest BCUT2D eigenvalue weighted by Gasteiger charge is -2.41. The van der Waals surface area contributed by atoms with Gasteiger partial charge in [0, 0.05) is 38.8 Å². The Hall–Kier alpha value is -4.18. The third kappa shape index (κ3) is 5.12. The van der Waals surface area contributed by atoms with E-state index in [-0.39, 0.29) is 29.6 Å². The number of nitriles is 1. The summed E-state index contributed by atoms with van der Waals surface area (Å²) in [5.74, 6) is 2.88. The molecule has 9 heteroatoms. The number of piperazine rings is 1. The van der Waals surface area contributed by atoms with Crippen molar-refractivity contribution in [2.75, 3.05) is 37.7 Å². The van der Waals surface area contributed by atoms with E-state index in [1.54, 1.807) is 25.2 Å². The van der Waals surface area contributed by atoms with Crippen molar-refractivity contribution in [1.29, 1.82) is 5.26 Å². The van der Waals surface area contributed by atoms with Crippen molar-refractivity contribution in [3.63, 3.8) is 0 Å². The number of ether oxygens (including phenoxy) is 1. The largest absolute Gasteiger partial charge is 0.481 e. The lowest BCUT2D eigenvalue weighted by atomic mass is 9.95. The lowest BCUT2D eigenvalue weighted by Crippen LogP contribution is -2.48. The number of halogens is 2. The van der Waals surface area contributed by atoms with Crippen LogP contribution in [0.5, 0.6) is 5.75 Å². The topological polar surface area (TPSA) is 74.4 Å². The second-order valence-corrected chi connectivity index (χ2v) is 10.0. The summed E-state index contributed by atoms with van der Waals surface area (Å²) in [6.07, 6.45) is 5.45. The van der Waals surface area contributed by atoms with Gasteiger partial charge < -0.3 is 14.2 Å². The molecule has 0 aliphatic carbocycles. The van der Waals surface area contributed by atoms with Crippen molar-refractivity contribution in [2.24, 2.45) is 7.05 Å². The number of hydrogen-bond donors (Lipinski definition) is 0. The Morgan fingerprint density at radius 2 is 1.82 bits per heavy atom. The zero-order chi connectivity index (χ0) is 27.5. The molecular weight excluding hydrogens is 561 g/mol. The van der Waals surface area contributed by atoms with Gasteiger partial charge in [0.2, 0.25) is 0 Å². The van der Waals surface area contributed by atoms with Gasteiger partial charge in [0.1, 0.15) is 39.9 Å². The first-order valence-electron chi connectivity index (χ1n) is 12.4. The van der Waals surface area contributed by atoms with Crippen LogP contribution < -0.4 is 15.2 Å². The zero-order valence-electron chi connectivity index (χ0n) is 21.3. The van der Waals surface area contributed by atoms with Gasteiger partial charge in [-0.2, -0.15) is 5.26 Å². The van der Waals surface area contributed by atoms with Crippen LogP contribution in [0.15, 0.2) is 70.1 Å². The maximum Gasteiger partial charge on any atom is 0.270 e. The van der Waals surface area contributed by atoms with Gasteiger partial charge in [-0.15, -0.1) is 6.42 Å². The van der Waals surface area contributed by atoms with Crippen molar-refractivity contribution >= 4 is 32.7 Å². The molecule has 0 radical (unpaired) electrons. The fourth-order valence-corrected chi connectivity index (χ4v) is 5.48. The van der Waals surface area contributed by atoms with Gasteiger partial charge in [0.15, 0.2) is 0 Å². The minimum Gasteiger partial charge on any atom is -0.481 e. The molecule has 4 aromatic rings. The van der Waals surface area contributed by atoms with Gasteiger partial charge >= 0.3 is 0 Å². The van der Waals surface area contributed by atoms with Crippen molar-refractivity contribution in [2.45, 2.75) is 6.04 Å². The van der Waals surface area contributed by atoms with Crippen LogP contribution in [-0.4, -0.2) is 47.2 Å². The molecule has 0 N–H and O–H groups in total. The molecule has 0 bridgehead atoms. The van der Waals surface area contributed by atoms with E-state index < -0.39 is 0 Å². The molecule has 2 aromatic heterocycles. The molecule has 0 amide bonds. The highest BCUT2D eigenvalue weighted by atomic mass is 79.9. The molecule has 1 aliphatic rings. The van der Waals surface area contributed by atoms with E-state index in [2.05, 4.69) is 42.7 Å². The molecule has 7 nitrogen and oxygen atoms in total. The van der Waals surface area contributed by atoms with Gasteiger partial charge in [0.05, 0.1) is 17.2 Å². The Morgan fingerprint density at radius 1 is 1.10 bits per heavy atom. The second-order valence-electron chi connectivity index (χ2n) is 9.21. The summed E-state index contributed by atoms with van der Waals surface area (Å²) in [6, 6.07) is 19.7. The van der Waals surface area contributed by atoms with Crippen LogP contribution in [0.2, 0.25) is 0 Å². The van der Waals surface area contributed by atoms with Crippen LogP contribution in [0.1, 0.15) is 22.7 Å². The summed E-state index contributed by atoms with van der Waals surface area (Å²) in [5.41, 5.74) is 3.37. The number of terminal acetylenes is 1. The van der Waals surface area contributed by atoms with Crippen LogP contribution in [0.25, 0.3) is 11.0 Å². The van der Waals surface area contributed by atoms with Crippen LogP contribution >= 0.6 is 15.9 Å². The number of fused-ring (bicyclic) bond motifs is 1. The third-order valence-corrected chi connectivity index (χ3v) is 7.44. The van der Waals surface area contributed by atoms with E-state index in [0.717, 1.165) is 11.1 Å². The van der Waals surface area contributed by atoms with Crippen LogP contribution in [0.4, 0.5) is 10.1 Å². The summed E-state index contributed by atoms with van der Waals surface area (Å²) < 4.78 is 21.8. The van der Waals surface area contributed by atoms with Crippen molar-refractivity contribution < 1.29 is 9.13 Å². The number of nitrogens with zero attached hydrogens (tertiary/aromatic N) is 5. The molecule has 2 aromatic carbocycles. The fourth-order valence-electron chi connectivity index (χ4n) is 5.17. The quantitative estimate of drug-likeness (QED) is 0.243. The van der Waals surface area contributed by atoms with E-state index in [1.807, 2.05) is 30.3 Å². The molecular formula is C30H25BrFN5O2. The number of anilines is 1. The van der Waals surface area contributed by atoms with Crippen LogP contribution in [-0.2, 0) is 7.05 Å². The van der Waals surface area contributed by atoms with E-state index in [9.17, 15) is 14.4 Å². The predicted molar refractivity (Wildman–Crippen MR) is 152 cm³/mol. The van der Waals surface area contributed by atoms with E-state index >= 15 is 0 Å². The number of aryl methyl sites for hydroxylation is 1. The standard InChI is InChI=1S/C30H25BrFN5O2/c1-3-18-39-25-7-5-4-6-22(25)28(20-8-10-21(32)11-9-20)36-14-16-37(17-15-36)29-23(19-33)30(38)35(2)24-12-13-26(31)34-27(24)29/h1,4-13,28H,14-18H2,2H3. The Bertz CT molecular complexity index is 1660. The van der Waals surface area contributed by atoms with E-state index in [1.165, 1.54) is 16.7 Å². The molecule has 1 aliphatic heterocycles. The maximum atomic E-state index is 13.8. The summed E-state index contributed by atoms with van der Waals surface area (Å²) in [5, 5.41) is 9.95. The first-order valence-corrected chi connectivity index (χ1v) is 13.2. The lowest BCUT2D eigenvalue weighted by molar-refractivity contribution is 0.208. The zero-order valence-corrected chi connectivity index (χ0v) is 22.9. The first-order chi connectivity index (χ1) is 18.9. The Balaban J connectivity index is 1.53. The molecule has 196 valence electrons. The molecule has 1 atom stereocenters. The van der Waals surface area contributed by atoms with Gasteiger partial charge in [-0.1, -0.05) is 36.3 Å². The monoisotopic (exact) mass is 585 g/mol. The molecule has 3 heterocycles. The smallest absolute Gasteiger partial charge is 0.270 e. The third-order valence-electron chi connectivity index (χ3n) is 7.00. The maximum absolute atomic E-state index is 13.8. The number of aromatic nitrogens is 2. The predicted octanol–water partition coefficient (Wildman–Crippen LogP) is 4.63. The van der Waals surface area contributed by atoms with Gasteiger partial charge in [0.25, 0.3) is 5.56 Å². The molecule has 5 rings (SSSR count). The van der Waals surface area contributed by atoms with Gasteiger partial charge in [-0.3, -0.25) is 9.69 Å². The van der Waals surface area contributed by atoms with Crippen molar-refractivity contribution in [3.05, 3.63) is 98.1 Å². The Morgan fingerprint density at radius 3 is 2.51 bits per heavy atom. The highest BCUT2D eigenvalue weighted by Gasteiger charge is 2.31. The highest BCUT2D eigenvalue weighted by molar-refractivity contribution is 9.10. The Labute approximate surface area is 234 Å². The number of rotatable bonds is 6. The minimum absolute atomic E-state index is 0.0761. The van der Waals surface area contributed by atoms with Gasteiger partial charge in [-0.05, 0) is 51.8 Å². The molecule has 0 spiro atoms. The molecule has 1 unspecified atom stereocenters. The summed E-state index contributed by atoms with van der Waals surface area (Å²) in [7, 11) is 1.65. The highest BCUT2D eigenvalue weighted by Crippen LogP contribution is 2.37. The average Bonchev–Trinajstić information content (AvgIpc) is 2.96. The van der Waals surface area contributed by atoms with Crippen LogP contribution in [0.3, 0.4) is 0 Å². The van der Waals surface area contributed by atoms with E-state index in [0.29, 0.717) is 53.3 Å². The van der Waals surface area contributed by atoms with Gasteiger partial charge in [-0.25, -0.2) is 9.37 Å². The summed E-state index contributed by atoms with van der Waals surface area (Å²) in [4.78, 5) is 22.1. The summed E-state index contributed by atoms with van der Waals surface area (Å²) >= 11 is 3.43. The molecule has 39 heavy (non-hydrogen) atoms. The van der Waals surface area contributed by atoms with Crippen molar-refractivity contribution in [1.82, 2.24) is 14.5 Å². The number of benzene rings is 2. The summed E-state index contributed by atoms with van der Waals surface area (Å²) in [6.45, 7) is 2.46. The average molecular weight is 586 g/mol. The molecule has 0 saturated carbocycles. The van der Waals surface area contributed by atoms with Crippen LogP contribution in [0, 0.1) is 29.5 Å². The number of hydrogen-bond acceptors (Lipinski definition) is 6. The Kier molecular flexibility index (Phi) is 7.65. The second kappa shape index (κ2) is 11.3. The van der Waals surface area contributed by atoms with Crippen molar-refractivity contribution in [3.8, 4) is 24.2 Å². The molecule has 1 saturated heterocycles. The fraction of sp³-hybridized carbons (Fsp3) is 0.233. The number of pyridine rings is 2. The first kappa shape index (κ1) is 26.4. The SMILES string of the molecule is C#CCOc1ccccc1C(c1ccc(F)cc1)N1CCN(c2c(C#N)c(=O)n(C)c3ccc(Br)nc23)CC1. The molecule has 1 fully saturated rings. The minimum atomic E-state index is -0.352. The normalized spacial score (nSPS) is 14.5.